The molecule has 1 heterocycles. The minimum Gasteiger partial charge on any atom is -0.478 e. The van der Waals surface area contributed by atoms with Gasteiger partial charge >= 0.3 is 12.0 Å². The average Bonchev–Trinajstić information content (AvgIpc) is 2.81. The number of carboxylic acids is 1. The molecule has 2 rings (SSSR count). The molecule has 0 saturated carbocycles. The first-order chi connectivity index (χ1) is 9.93. The lowest BCUT2D eigenvalue weighted by Gasteiger charge is -2.28. The van der Waals surface area contributed by atoms with Crippen LogP contribution in [0.3, 0.4) is 0 Å². The summed E-state index contributed by atoms with van der Waals surface area (Å²) in [6, 6.07) is 5.30. The molecular weight excluding hydrogens is 268 g/mol. The first-order valence-electron chi connectivity index (χ1n) is 7.37. The van der Waals surface area contributed by atoms with Crippen LogP contribution in [-0.2, 0) is 0 Å². The summed E-state index contributed by atoms with van der Waals surface area (Å²) < 4.78 is 0. The fourth-order valence-electron chi connectivity index (χ4n) is 2.96. The third-order valence-corrected chi connectivity index (χ3v) is 4.21. The summed E-state index contributed by atoms with van der Waals surface area (Å²) in [4.78, 5) is 25.4. The maximum absolute atomic E-state index is 12.4. The molecule has 0 radical (unpaired) electrons. The van der Waals surface area contributed by atoms with Crippen LogP contribution in [0.25, 0.3) is 0 Å². The molecule has 0 aromatic heterocycles. The second-order valence-corrected chi connectivity index (χ2v) is 5.66. The highest BCUT2D eigenvalue weighted by atomic mass is 16.4. The molecular formula is C16H22N2O3. The number of aryl methyl sites for hydroxylation is 1. The van der Waals surface area contributed by atoms with E-state index in [9.17, 15) is 9.59 Å². The monoisotopic (exact) mass is 290 g/mol. The molecule has 0 bridgehead atoms. The number of carbonyl (C=O) groups excluding carboxylic acids is 1. The Morgan fingerprint density at radius 2 is 2.10 bits per heavy atom. The Bertz CT molecular complexity index is 556. The van der Waals surface area contributed by atoms with E-state index < -0.39 is 5.97 Å². The van der Waals surface area contributed by atoms with Gasteiger partial charge in [-0.25, -0.2) is 9.59 Å². The first-order valence-corrected chi connectivity index (χ1v) is 7.37. The highest BCUT2D eigenvalue weighted by molar-refractivity contribution is 5.94. The molecule has 1 fully saturated rings. The van der Waals surface area contributed by atoms with E-state index in [0.717, 1.165) is 19.3 Å². The van der Waals surface area contributed by atoms with Crippen LogP contribution in [0.4, 0.5) is 10.5 Å². The number of hydrogen-bond donors (Lipinski definition) is 2. The average molecular weight is 290 g/mol. The first kappa shape index (κ1) is 15.4. The number of urea groups is 1. The molecule has 1 aromatic rings. The molecule has 2 unspecified atom stereocenters. The highest BCUT2D eigenvalue weighted by Gasteiger charge is 2.33. The molecule has 2 amide bonds. The number of carboxylic acid groups (broad SMARTS) is 1. The predicted octanol–water partition coefficient (Wildman–Crippen LogP) is 3.49. The number of benzene rings is 1. The largest absolute Gasteiger partial charge is 0.478 e. The van der Waals surface area contributed by atoms with E-state index in [1.54, 1.807) is 19.1 Å². The highest BCUT2D eigenvalue weighted by Crippen LogP contribution is 2.27. The van der Waals surface area contributed by atoms with E-state index in [0.29, 0.717) is 11.3 Å². The Hall–Kier alpha value is -2.04. The number of nitrogens with zero attached hydrogens (tertiary/aromatic N) is 1. The van der Waals surface area contributed by atoms with Gasteiger partial charge in [-0.3, -0.25) is 0 Å². The van der Waals surface area contributed by atoms with Crippen molar-refractivity contribution < 1.29 is 14.7 Å². The Morgan fingerprint density at radius 1 is 1.38 bits per heavy atom. The molecule has 2 N–H and O–H groups in total. The summed E-state index contributed by atoms with van der Waals surface area (Å²) in [5, 5.41) is 12.0. The van der Waals surface area contributed by atoms with Crippen molar-refractivity contribution in [1.82, 2.24) is 4.90 Å². The number of aromatic carboxylic acids is 1. The van der Waals surface area contributed by atoms with Crippen molar-refractivity contribution in [3.63, 3.8) is 0 Å². The maximum atomic E-state index is 12.4. The van der Waals surface area contributed by atoms with Crippen LogP contribution in [0.1, 0.15) is 49.0 Å². The van der Waals surface area contributed by atoms with Gasteiger partial charge in [0.1, 0.15) is 0 Å². The van der Waals surface area contributed by atoms with E-state index in [-0.39, 0.29) is 23.7 Å². The standard InChI is InChI=1S/C16H22N2O3/c1-4-13-8-6-11(3)18(13)16(21)17-12-7-5-10(2)14(9-12)15(19)20/h5,7,9,11,13H,4,6,8H2,1-3H3,(H,17,21)(H,19,20). The van der Waals surface area contributed by atoms with Crippen molar-refractivity contribution >= 4 is 17.7 Å². The van der Waals surface area contributed by atoms with Crippen LogP contribution in [0.2, 0.25) is 0 Å². The number of amides is 2. The van der Waals surface area contributed by atoms with E-state index in [4.69, 9.17) is 5.11 Å². The van der Waals surface area contributed by atoms with Gasteiger partial charge < -0.3 is 15.3 Å². The number of hydrogen-bond acceptors (Lipinski definition) is 2. The zero-order valence-electron chi connectivity index (χ0n) is 12.7. The van der Waals surface area contributed by atoms with Crippen LogP contribution >= 0.6 is 0 Å². The molecule has 21 heavy (non-hydrogen) atoms. The fourth-order valence-corrected chi connectivity index (χ4v) is 2.96. The van der Waals surface area contributed by atoms with E-state index in [2.05, 4.69) is 12.2 Å². The van der Waals surface area contributed by atoms with Gasteiger partial charge in [0.05, 0.1) is 5.56 Å². The lowest BCUT2D eigenvalue weighted by atomic mass is 10.1. The SMILES string of the molecule is CCC1CCC(C)N1C(=O)Nc1ccc(C)c(C(=O)O)c1. The molecule has 5 heteroatoms. The van der Waals surface area contributed by atoms with Gasteiger partial charge in [-0.15, -0.1) is 0 Å². The van der Waals surface area contributed by atoms with Crippen molar-refractivity contribution in [2.45, 2.75) is 52.1 Å². The molecule has 0 aliphatic carbocycles. The topological polar surface area (TPSA) is 69.6 Å². The molecule has 1 saturated heterocycles. The molecule has 0 spiro atoms. The van der Waals surface area contributed by atoms with Gasteiger partial charge in [0.25, 0.3) is 0 Å². The molecule has 1 aromatic carbocycles. The predicted molar refractivity (Wildman–Crippen MR) is 81.8 cm³/mol. The number of carbonyl (C=O) groups is 2. The van der Waals surface area contributed by atoms with Gasteiger partial charge in [-0.2, -0.15) is 0 Å². The number of rotatable bonds is 3. The quantitative estimate of drug-likeness (QED) is 0.895. The van der Waals surface area contributed by atoms with Crippen molar-refractivity contribution in [3.05, 3.63) is 29.3 Å². The summed E-state index contributed by atoms with van der Waals surface area (Å²) >= 11 is 0. The van der Waals surface area contributed by atoms with Gasteiger partial charge in [-0.1, -0.05) is 13.0 Å². The molecule has 1 aliphatic rings. The van der Waals surface area contributed by atoms with Crippen LogP contribution in [0.5, 0.6) is 0 Å². The zero-order chi connectivity index (χ0) is 15.6. The number of likely N-dealkylation sites (tertiary alicyclic amines) is 1. The number of anilines is 1. The minimum absolute atomic E-state index is 0.146. The van der Waals surface area contributed by atoms with E-state index in [1.165, 1.54) is 6.07 Å². The Labute approximate surface area is 125 Å². The van der Waals surface area contributed by atoms with Gasteiger partial charge in [0.2, 0.25) is 0 Å². The molecule has 5 nitrogen and oxygen atoms in total. The van der Waals surface area contributed by atoms with E-state index >= 15 is 0 Å². The Kier molecular flexibility index (Phi) is 4.50. The molecule has 114 valence electrons. The Morgan fingerprint density at radius 3 is 2.71 bits per heavy atom. The van der Waals surface area contributed by atoms with Crippen LogP contribution in [-0.4, -0.2) is 34.1 Å². The zero-order valence-corrected chi connectivity index (χ0v) is 12.7. The van der Waals surface area contributed by atoms with Crippen molar-refractivity contribution in [3.8, 4) is 0 Å². The Balaban J connectivity index is 2.16. The maximum Gasteiger partial charge on any atom is 0.336 e. The summed E-state index contributed by atoms with van der Waals surface area (Å²) in [7, 11) is 0. The lowest BCUT2D eigenvalue weighted by Crippen LogP contribution is -2.42. The second-order valence-electron chi connectivity index (χ2n) is 5.66. The summed E-state index contributed by atoms with van der Waals surface area (Å²) in [5.41, 5.74) is 1.42. The van der Waals surface area contributed by atoms with Gasteiger partial charge in [0, 0.05) is 17.8 Å². The summed E-state index contributed by atoms with van der Waals surface area (Å²) in [6.07, 6.45) is 2.98. The number of nitrogens with one attached hydrogen (secondary N) is 1. The third kappa shape index (κ3) is 3.17. The molecule has 1 aliphatic heterocycles. The van der Waals surface area contributed by atoms with Crippen molar-refractivity contribution in [2.24, 2.45) is 0 Å². The van der Waals surface area contributed by atoms with Crippen molar-refractivity contribution in [2.75, 3.05) is 5.32 Å². The van der Waals surface area contributed by atoms with Crippen LogP contribution in [0.15, 0.2) is 18.2 Å². The van der Waals surface area contributed by atoms with Gasteiger partial charge in [-0.05, 0) is 50.8 Å². The second kappa shape index (κ2) is 6.16. The smallest absolute Gasteiger partial charge is 0.336 e. The minimum atomic E-state index is -0.982. The summed E-state index contributed by atoms with van der Waals surface area (Å²) in [5.74, 6) is -0.982. The van der Waals surface area contributed by atoms with Crippen LogP contribution in [0, 0.1) is 6.92 Å². The van der Waals surface area contributed by atoms with Crippen molar-refractivity contribution in [1.29, 1.82) is 0 Å². The normalized spacial score (nSPS) is 21.4. The third-order valence-electron chi connectivity index (χ3n) is 4.21. The summed E-state index contributed by atoms with van der Waals surface area (Å²) in [6.45, 7) is 5.87. The lowest BCUT2D eigenvalue weighted by molar-refractivity contribution is 0.0696. The van der Waals surface area contributed by atoms with Gasteiger partial charge in [0.15, 0.2) is 0 Å². The fraction of sp³-hybridized carbons (Fsp3) is 0.500. The molecule has 2 atom stereocenters. The van der Waals surface area contributed by atoms with Crippen LogP contribution < -0.4 is 5.32 Å². The van der Waals surface area contributed by atoms with E-state index in [1.807, 2.05) is 11.8 Å².